The van der Waals surface area contributed by atoms with Gasteiger partial charge >= 0.3 is 0 Å². The number of nitrogens with zero attached hydrogens (tertiary/aromatic N) is 8. The van der Waals surface area contributed by atoms with Crippen molar-refractivity contribution in [3.05, 3.63) is 107 Å². The van der Waals surface area contributed by atoms with E-state index in [-0.39, 0.29) is 0 Å². The van der Waals surface area contributed by atoms with E-state index in [0.717, 1.165) is 83.1 Å². The molecule has 6 heterocycles. The molecule has 0 bridgehead atoms. The van der Waals surface area contributed by atoms with E-state index in [1.807, 2.05) is 60.9 Å². The van der Waals surface area contributed by atoms with Crippen LogP contribution >= 0.6 is 15.9 Å². The second kappa shape index (κ2) is 18.2. The second-order valence-corrected chi connectivity index (χ2v) is 34.2. The molecule has 0 aliphatic rings. The molecule has 8 rings (SSSR count). The molecule has 0 amide bonds. The summed E-state index contributed by atoms with van der Waals surface area (Å²) in [5.74, 6) is 1.90. The fraction of sp³-hybridized carbons (Fsp3) is 0.481. The van der Waals surface area contributed by atoms with Gasteiger partial charge in [0.2, 0.25) is 0 Å². The zero-order valence-corrected chi connectivity index (χ0v) is 46.9. The maximum Gasteiger partial charge on any atom is 0.171 e. The Morgan fingerprint density at radius 2 is 0.881 bits per heavy atom. The van der Waals surface area contributed by atoms with Gasteiger partial charge in [-0.2, -0.15) is 0 Å². The first-order valence-electron chi connectivity index (χ1n) is 24.3. The second-order valence-electron chi connectivity index (χ2n) is 21.9. The Labute approximate surface area is 409 Å². The molecule has 13 heteroatoms. The molecule has 2 aromatic carbocycles. The number of hydrogen-bond acceptors (Lipinski definition) is 6. The Bertz CT molecular complexity index is 3000. The van der Waals surface area contributed by atoms with Gasteiger partial charge in [-0.25, -0.2) is 19.9 Å². The van der Waals surface area contributed by atoms with Crippen LogP contribution in [0.15, 0.2) is 83.9 Å². The zero-order valence-electron chi connectivity index (χ0n) is 43.3. The van der Waals surface area contributed by atoms with Gasteiger partial charge in [-0.05, 0) is 114 Å². The molecule has 0 radical (unpaired) electrons. The quantitative estimate of drug-likeness (QED) is 0.118. The highest BCUT2D eigenvalue weighted by Crippen LogP contribution is 2.47. The van der Waals surface area contributed by atoms with Crippen molar-refractivity contribution in [1.82, 2.24) is 37.2 Å². The summed E-state index contributed by atoms with van der Waals surface area (Å²) in [7, 11) is -3.87. The van der Waals surface area contributed by atoms with Crippen LogP contribution in [0.1, 0.15) is 134 Å². The van der Waals surface area contributed by atoms with Crippen LogP contribution < -0.4 is 0 Å². The van der Waals surface area contributed by atoms with E-state index < -0.39 is 27.7 Å². The highest BCUT2D eigenvalue weighted by atomic mass is 79.9. The Morgan fingerprint density at radius 1 is 0.507 bits per heavy atom. The van der Waals surface area contributed by atoms with E-state index in [0.29, 0.717) is 33.2 Å². The summed E-state index contributed by atoms with van der Waals surface area (Å²) >= 11 is 3.89. The summed E-state index contributed by atoms with van der Waals surface area (Å²) in [5.41, 5.74) is 13.7. The van der Waals surface area contributed by atoms with Crippen LogP contribution in [-0.4, -0.2) is 63.9 Å². The van der Waals surface area contributed by atoms with Crippen molar-refractivity contribution < 1.29 is 10.2 Å². The Morgan fingerprint density at radius 3 is 1.28 bits per heavy atom. The fourth-order valence-corrected chi connectivity index (χ4v) is 26.3. The standard InChI is InChI=1S/C27H37BrN4OSi.C27H38N4OSi/c1-16(2)34(17(3)4,18(5)6)31-15-22(28)25-26(31)29-14-23-24(30-19(7)32(23)25)20-10-12-21(13-11-20)27(8,9)33;1-17(2)33(18(3)4,19(5)6)30-15-14-23-26(30)28-16-24-25(29-20(7)31(23)24)21-10-12-22(13-11-21)27(8,9)32/h10-18,33H,1-9H3;10-19,32H,1-9H3. The number of hydrogen-bond donors (Lipinski definition) is 2. The van der Waals surface area contributed by atoms with Crippen LogP contribution in [0.25, 0.3) is 55.9 Å². The minimum absolute atomic E-state index is 0.571. The Hall–Kier alpha value is -4.41. The van der Waals surface area contributed by atoms with Gasteiger partial charge in [0.25, 0.3) is 0 Å². The molecule has 0 spiro atoms. The molecule has 358 valence electrons. The van der Waals surface area contributed by atoms with Crippen molar-refractivity contribution in [2.45, 2.75) is 169 Å². The third kappa shape index (κ3) is 8.27. The van der Waals surface area contributed by atoms with E-state index in [2.05, 4.69) is 149 Å². The van der Waals surface area contributed by atoms with Crippen molar-refractivity contribution >= 4 is 65.8 Å². The molecule has 8 aromatic rings. The molecule has 67 heavy (non-hydrogen) atoms. The largest absolute Gasteiger partial charge is 0.386 e. The summed E-state index contributed by atoms with van der Waals surface area (Å²) in [6.45, 7) is 39.9. The first-order valence-corrected chi connectivity index (χ1v) is 29.4. The van der Waals surface area contributed by atoms with Gasteiger partial charge in [-0.3, -0.25) is 8.80 Å². The van der Waals surface area contributed by atoms with Gasteiger partial charge in [-0.1, -0.05) is 132 Å². The summed E-state index contributed by atoms with van der Waals surface area (Å²) in [5, 5.41) is 20.6. The van der Waals surface area contributed by atoms with E-state index in [1.54, 1.807) is 27.7 Å². The molecule has 0 saturated heterocycles. The number of fused-ring (bicyclic) bond motifs is 6. The van der Waals surface area contributed by atoms with Gasteiger partial charge in [0, 0.05) is 17.3 Å². The summed E-state index contributed by atoms with van der Waals surface area (Å²) in [6.07, 6.45) is 8.52. The normalized spacial score (nSPS) is 13.4. The zero-order chi connectivity index (χ0) is 49.5. The number of aryl methyl sites for hydroxylation is 2. The first-order chi connectivity index (χ1) is 31.2. The van der Waals surface area contributed by atoms with Crippen LogP contribution in [0.4, 0.5) is 0 Å². The molecule has 2 N–H and O–H groups in total. The van der Waals surface area contributed by atoms with Crippen molar-refractivity contribution in [2.24, 2.45) is 0 Å². The first kappa shape index (κ1) is 50.5. The van der Waals surface area contributed by atoms with Crippen molar-refractivity contribution in [3.63, 3.8) is 0 Å². The average Bonchev–Trinajstić information content (AvgIpc) is 3.99. The lowest BCUT2D eigenvalue weighted by Crippen LogP contribution is -2.51. The highest BCUT2D eigenvalue weighted by Gasteiger charge is 2.47. The maximum atomic E-state index is 10.3. The van der Waals surface area contributed by atoms with Crippen LogP contribution in [0.3, 0.4) is 0 Å². The monoisotopic (exact) mass is 1000 g/mol. The smallest absolute Gasteiger partial charge is 0.171 e. The van der Waals surface area contributed by atoms with Gasteiger partial charge in [-0.15, -0.1) is 0 Å². The lowest BCUT2D eigenvalue weighted by Gasteiger charge is -2.44. The predicted octanol–water partition coefficient (Wildman–Crippen LogP) is 14.6. The number of halogens is 1. The highest BCUT2D eigenvalue weighted by molar-refractivity contribution is 9.10. The number of benzene rings is 2. The molecule has 6 aromatic heterocycles. The molecular weight excluding hydrogens is 929 g/mol. The number of aromatic nitrogens is 8. The maximum absolute atomic E-state index is 10.3. The Kier molecular flexibility index (Phi) is 13.7. The van der Waals surface area contributed by atoms with Crippen LogP contribution in [0.2, 0.25) is 33.2 Å². The summed E-state index contributed by atoms with van der Waals surface area (Å²) < 4.78 is 10.6. The SMILES string of the molecule is Cc1nc(-c2ccc(C(C)(C)O)cc2)c2cnc3c(c(Br)cn3[Si](C(C)C)(C(C)C)C(C)C)n12.Cc1nc(-c2ccc(C(C)(C)O)cc2)c2cnc3c(ccn3[Si](C(C)C)(C(C)C)C(C)C)n12. The molecule has 0 unspecified atom stereocenters. The average molecular weight is 1000 g/mol. The molecule has 0 fully saturated rings. The summed E-state index contributed by atoms with van der Waals surface area (Å²) in [6, 6.07) is 18.3. The van der Waals surface area contributed by atoms with Crippen LogP contribution in [0.5, 0.6) is 0 Å². The van der Waals surface area contributed by atoms with Crippen molar-refractivity contribution in [2.75, 3.05) is 0 Å². The summed E-state index contributed by atoms with van der Waals surface area (Å²) in [4.78, 5) is 20.0. The Balaban J connectivity index is 0.000000199. The van der Waals surface area contributed by atoms with Gasteiger partial charge < -0.3 is 18.7 Å². The van der Waals surface area contributed by atoms with E-state index in [1.165, 1.54) is 0 Å². The number of rotatable bonds is 12. The third-order valence-corrected chi connectivity index (χ3v) is 29.2. The molecule has 0 aliphatic carbocycles. The van der Waals surface area contributed by atoms with Crippen LogP contribution in [-0.2, 0) is 11.2 Å². The minimum atomic E-state index is -1.97. The minimum Gasteiger partial charge on any atom is -0.386 e. The van der Waals surface area contributed by atoms with Crippen molar-refractivity contribution in [3.8, 4) is 22.5 Å². The van der Waals surface area contributed by atoms with E-state index in [9.17, 15) is 10.2 Å². The van der Waals surface area contributed by atoms with Crippen LogP contribution in [0, 0.1) is 13.8 Å². The molecule has 0 saturated carbocycles. The lowest BCUT2D eigenvalue weighted by molar-refractivity contribution is 0.0780. The van der Waals surface area contributed by atoms with Crippen molar-refractivity contribution in [1.29, 1.82) is 0 Å². The lowest BCUT2D eigenvalue weighted by atomic mass is 9.97. The molecule has 10 nitrogen and oxygen atoms in total. The van der Waals surface area contributed by atoms with Gasteiger partial charge in [0.15, 0.2) is 16.5 Å². The fourth-order valence-electron chi connectivity index (χ4n) is 12.4. The third-order valence-electron chi connectivity index (χ3n) is 15.1. The van der Waals surface area contributed by atoms with Gasteiger partial charge in [0.1, 0.15) is 28.5 Å². The molecule has 0 atom stereocenters. The molecular formula is C54H75BrN8O2Si2. The predicted molar refractivity (Wildman–Crippen MR) is 288 cm³/mol. The molecule has 0 aliphatic heterocycles. The number of aliphatic hydroxyl groups is 2. The van der Waals surface area contributed by atoms with E-state index in [4.69, 9.17) is 19.9 Å². The van der Waals surface area contributed by atoms with E-state index >= 15 is 0 Å². The van der Waals surface area contributed by atoms with Gasteiger partial charge in [0.05, 0.1) is 56.0 Å². The number of imidazole rings is 2. The topological polar surface area (TPSA) is 111 Å².